The summed E-state index contributed by atoms with van der Waals surface area (Å²) in [4.78, 5) is 11.0. The van der Waals surface area contributed by atoms with Gasteiger partial charge >= 0.3 is 55.8 Å². The summed E-state index contributed by atoms with van der Waals surface area (Å²) in [7, 11) is 25.2. The van der Waals surface area contributed by atoms with Crippen molar-refractivity contribution in [3.8, 4) is 0 Å². The summed E-state index contributed by atoms with van der Waals surface area (Å²) in [5.74, 6) is 1.11. The van der Waals surface area contributed by atoms with E-state index in [2.05, 4.69) is 13.8 Å². The maximum atomic E-state index is 11.0. The molecule has 94 valence electrons. The van der Waals surface area contributed by atoms with Crippen molar-refractivity contribution in [1.29, 1.82) is 0 Å². The number of carbonyl (C=O) groups is 1. The number of carbonyl (C=O) groups excluding carboxylic acids is 1. The molecule has 0 radical (unpaired) electrons. The zero-order valence-corrected chi connectivity index (χ0v) is 15.4. The zero-order chi connectivity index (χ0) is 12.9. The Bertz CT molecular complexity index is 190. The molecule has 0 atom stereocenters. The Kier molecular flexibility index (Phi) is 9.50. The molecule has 0 aliphatic rings. The molecular formula is C8H16Cl5OSb. The first-order valence-electron chi connectivity index (χ1n) is 4.41. The maximum absolute atomic E-state index is 11.0. The second-order valence-electron chi connectivity index (χ2n) is 3.86. The Morgan fingerprint density at radius 2 is 1.27 bits per heavy atom. The second-order valence-corrected chi connectivity index (χ2v) is 41.8. The summed E-state index contributed by atoms with van der Waals surface area (Å²) in [5, 5.41) is 0. The van der Waals surface area contributed by atoms with Crippen molar-refractivity contribution in [3.05, 3.63) is 0 Å². The first kappa shape index (κ1) is 19.3. The fraction of sp³-hybridized carbons (Fsp3) is 0.875. The molecule has 0 heterocycles. The van der Waals surface area contributed by atoms with Crippen molar-refractivity contribution in [2.24, 2.45) is 11.8 Å². The predicted molar refractivity (Wildman–Crippen MR) is 74.3 cm³/mol. The summed E-state index contributed by atoms with van der Waals surface area (Å²) in [6.07, 6.45) is 0.734. The van der Waals surface area contributed by atoms with Gasteiger partial charge in [-0.05, 0) is 5.92 Å². The molecule has 0 saturated carbocycles. The van der Waals surface area contributed by atoms with Gasteiger partial charge in [-0.15, -0.1) is 0 Å². The van der Waals surface area contributed by atoms with Crippen molar-refractivity contribution in [3.63, 3.8) is 0 Å². The van der Waals surface area contributed by atoms with Crippen LogP contribution in [0.2, 0.25) is 0 Å². The van der Waals surface area contributed by atoms with Gasteiger partial charge in [-0.25, -0.2) is 0 Å². The molecule has 0 rings (SSSR count). The van der Waals surface area contributed by atoms with Gasteiger partial charge in [0.05, 0.1) is 0 Å². The zero-order valence-electron chi connectivity index (χ0n) is 9.11. The molecule has 0 spiro atoms. The van der Waals surface area contributed by atoms with Crippen LogP contribution in [0.1, 0.15) is 34.1 Å². The number of ketones is 1. The average Bonchev–Trinajstić information content (AvgIpc) is 1.78. The van der Waals surface area contributed by atoms with E-state index in [1.54, 1.807) is 0 Å². The van der Waals surface area contributed by atoms with Crippen molar-refractivity contribution < 1.29 is 4.79 Å². The topological polar surface area (TPSA) is 17.1 Å². The van der Waals surface area contributed by atoms with Gasteiger partial charge in [0.15, 0.2) is 0 Å². The first-order chi connectivity index (χ1) is 6.27. The van der Waals surface area contributed by atoms with E-state index in [9.17, 15) is 4.79 Å². The van der Waals surface area contributed by atoms with Gasteiger partial charge in [0.2, 0.25) is 0 Å². The molecule has 0 aromatic rings. The summed E-state index contributed by atoms with van der Waals surface area (Å²) in [6.45, 7) is 8.04. The molecule has 0 amide bonds. The van der Waals surface area contributed by atoms with Crippen LogP contribution < -0.4 is 0 Å². The monoisotopic (exact) mass is 424 g/mol. The molecule has 0 aromatic heterocycles. The Morgan fingerprint density at radius 1 is 1.00 bits per heavy atom. The quantitative estimate of drug-likeness (QED) is 0.557. The molecule has 1 nitrogen and oxygen atoms in total. The van der Waals surface area contributed by atoms with E-state index in [4.69, 9.17) is 44.1 Å². The summed E-state index contributed by atoms with van der Waals surface area (Å²) in [6, 6.07) is 0. The SMILES string of the molecule is CC(C)CC(=O)C(C)C.[Cl][Sb]([Cl])([Cl])([Cl])[Cl]. The number of Topliss-reactive ketones (excluding diaryl/α,β-unsaturated/α-hetero) is 1. The Labute approximate surface area is 111 Å². The van der Waals surface area contributed by atoms with E-state index in [1.165, 1.54) is 0 Å². The van der Waals surface area contributed by atoms with Crippen LogP contribution >= 0.6 is 44.1 Å². The van der Waals surface area contributed by atoms with E-state index in [1.807, 2.05) is 13.8 Å². The van der Waals surface area contributed by atoms with Crippen LogP contribution in [-0.2, 0) is 4.79 Å². The molecule has 0 saturated heterocycles. The van der Waals surface area contributed by atoms with Crippen LogP contribution in [-0.4, -0.2) is 17.5 Å². The van der Waals surface area contributed by atoms with E-state index in [-0.39, 0.29) is 5.92 Å². The van der Waals surface area contributed by atoms with Crippen LogP contribution in [0.4, 0.5) is 0 Å². The third-order valence-electron chi connectivity index (χ3n) is 1.25. The molecule has 0 aliphatic carbocycles. The summed E-state index contributed by atoms with van der Waals surface area (Å²) < 4.78 is 0. The number of hydrogen-bond acceptors (Lipinski definition) is 1. The standard InChI is InChI=1S/C8H16O.5ClH.Sb/c1-6(2)5-8(9)7(3)4;;;;;;/h6-7H,5H2,1-4H3;5*1H;/q;;;;;;+5/p-5. The second kappa shape index (κ2) is 7.39. The van der Waals surface area contributed by atoms with Gasteiger partial charge in [0, 0.05) is 12.3 Å². The fourth-order valence-electron chi connectivity index (χ4n) is 0.638. The molecule has 7 heteroatoms. The predicted octanol–water partition coefficient (Wildman–Crippen LogP) is 5.32. The van der Waals surface area contributed by atoms with Crippen molar-refractivity contribution >= 4 is 61.6 Å². The van der Waals surface area contributed by atoms with Gasteiger partial charge in [0.25, 0.3) is 0 Å². The molecule has 0 fully saturated rings. The Balaban J connectivity index is 0. The molecule has 0 aliphatic heterocycles. The van der Waals surface area contributed by atoms with Gasteiger partial charge in [-0.1, -0.05) is 27.7 Å². The van der Waals surface area contributed by atoms with E-state index >= 15 is 0 Å². The molecular weight excluding hydrogens is 411 g/mol. The van der Waals surface area contributed by atoms with E-state index in [0.29, 0.717) is 11.7 Å². The van der Waals surface area contributed by atoms with Gasteiger partial charge in [0.1, 0.15) is 5.78 Å². The molecule has 0 unspecified atom stereocenters. The summed E-state index contributed by atoms with van der Waals surface area (Å²) >= 11 is -4.33. The van der Waals surface area contributed by atoms with Crippen LogP contribution in [0, 0.1) is 11.8 Å². The average molecular weight is 427 g/mol. The number of rotatable bonds is 3. The molecule has 15 heavy (non-hydrogen) atoms. The van der Waals surface area contributed by atoms with Crippen LogP contribution in [0.15, 0.2) is 0 Å². The molecule has 0 bridgehead atoms. The van der Waals surface area contributed by atoms with Crippen molar-refractivity contribution in [1.82, 2.24) is 0 Å². The van der Waals surface area contributed by atoms with Crippen LogP contribution in [0.5, 0.6) is 0 Å². The minimum atomic E-state index is -4.33. The van der Waals surface area contributed by atoms with E-state index in [0.717, 1.165) is 6.42 Å². The molecule has 0 N–H and O–H groups in total. The minimum absolute atomic E-state index is 0.215. The Morgan fingerprint density at radius 3 is 1.33 bits per heavy atom. The van der Waals surface area contributed by atoms with Gasteiger partial charge in [-0.3, -0.25) is 4.79 Å². The normalized spacial score (nSPS) is 14.2. The first-order valence-corrected chi connectivity index (χ1v) is 20.6. The third-order valence-corrected chi connectivity index (χ3v) is 1.25. The van der Waals surface area contributed by atoms with E-state index < -0.39 is 11.7 Å². The van der Waals surface area contributed by atoms with Crippen LogP contribution in [0.3, 0.4) is 0 Å². The van der Waals surface area contributed by atoms with Gasteiger partial charge < -0.3 is 0 Å². The van der Waals surface area contributed by atoms with Crippen molar-refractivity contribution in [2.45, 2.75) is 34.1 Å². The van der Waals surface area contributed by atoms with Gasteiger partial charge in [-0.2, -0.15) is 0 Å². The third kappa shape index (κ3) is 31.3. The molecule has 0 aromatic carbocycles. The van der Waals surface area contributed by atoms with Crippen molar-refractivity contribution in [2.75, 3.05) is 0 Å². The Hall–Kier alpha value is 1.94. The van der Waals surface area contributed by atoms with Crippen LogP contribution in [0.25, 0.3) is 0 Å². The summed E-state index contributed by atoms with van der Waals surface area (Å²) in [5.41, 5.74) is 0. The number of hydrogen-bond donors (Lipinski definition) is 0. The fourth-order valence-corrected chi connectivity index (χ4v) is 0.638. The number of halogens is 5.